The van der Waals surface area contributed by atoms with E-state index in [0.29, 0.717) is 18.8 Å². The topological polar surface area (TPSA) is 35.5 Å². The van der Waals surface area contributed by atoms with Gasteiger partial charge in [-0.15, -0.1) is 0 Å². The second-order valence-corrected chi connectivity index (χ2v) is 6.41. The van der Waals surface area contributed by atoms with Crippen LogP contribution in [0.5, 0.6) is 0 Å². The van der Waals surface area contributed by atoms with Crippen molar-refractivity contribution < 1.29 is 14.3 Å². The Balaban J connectivity index is 1.91. The lowest BCUT2D eigenvalue weighted by Crippen LogP contribution is -2.48. The van der Waals surface area contributed by atoms with Gasteiger partial charge in [-0.2, -0.15) is 0 Å². The molecule has 0 bridgehead atoms. The molecule has 0 radical (unpaired) electrons. The number of carbonyl (C=O) groups is 1. The average Bonchev–Trinajstić information content (AvgIpc) is 2.55. The highest BCUT2D eigenvalue weighted by atomic mass is 16.5. The van der Waals surface area contributed by atoms with E-state index in [0.717, 1.165) is 11.1 Å². The number of hydrogen-bond donors (Lipinski definition) is 0. The second-order valence-electron chi connectivity index (χ2n) is 6.41. The summed E-state index contributed by atoms with van der Waals surface area (Å²) in [6, 6.07) is 10.0. The molecule has 0 saturated heterocycles. The fourth-order valence-corrected chi connectivity index (χ4v) is 3.53. The molecular weight excluding hydrogens is 288 g/mol. The van der Waals surface area contributed by atoms with E-state index in [9.17, 15) is 4.79 Å². The highest BCUT2D eigenvalue weighted by Gasteiger charge is 2.51. The molecule has 0 heterocycles. The van der Waals surface area contributed by atoms with Crippen LogP contribution in [0.15, 0.2) is 66.5 Å². The van der Waals surface area contributed by atoms with Gasteiger partial charge in [0, 0.05) is 17.4 Å². The lowest BCUT2D eigenvalue weighted by Gasteiger charge is -2.45. The Hall–Kier alpha value is -2.13. The van der Waals surface area contributed by atoms with Crippen molar-refractivity contribution in [1.29, 1.82) is 0 Å². The number of fused-ring (bicyclic) bond motifs is 1. The van der Waals surface area contributed by atoms with Gasteiger partial charge in [0.05, 0.1) is 13.7 Å². The van der Waals surface area contributed by atoms with Gasteiger partial charge in [0.15, 0.2) is 5.78 Å². The van der Waals surface area contributed by atoms with E-state index in [4.69, 9.17) is 9.47 Å². The van der Waals surface area contributed by atoms with E-state index in [1.807, 2.05) is 49.4 Å². The third kappa shape index (κ3) is 2.77. The first-order valence-electron chi connectivity index (χ1n) is 7.87. The van der Waals surface area contributed by atoms with Gasteiger partial charge in [-0.05, 0) is 17.6 Å². The molecule has 1 aromatic carbocycles. The summed E-state index contributed by atoms with van der Waals surface area (Å²) in [5.41, 5.74) is 1.52. The number of ketones is 1. The largest absolute Gasteiger partial charge is 0.498 e. The molecule has 0 amide bonds. The zero-order chi connectivity index (χ0) is 16.4. The van der Waals surface area contributed by atoms with E-state index in [2.05, 4.69) is 6.58 Å². The van der Waals surface area contributed by atoms with Crippen LogP contribution < -0.4 is 0 Å². The van der Waals surface area contributed by atoms with E-state index in [1.54, 1.807) is 13.2 Å². The molecule has 0 aliphatic heterocycles. The maximum absolute atomic E-state index is 12.6. The fraction of sp³-hybridized carbons (Fsp3) is 0.350. The van der Waals surface area contributed by atoms with Gasteiger partial charge in [0.25, 0.3) is 0 Å². The Morgan fingerprint density at radius 1 is 1.30 bits per heavy atom. The van der Waals surface area contributed by atoms with Crippen molar-refractivity contribution in [3.63, 3.8) is 0 Å². The lowest BCUT2D eigenvalue weighted by atomic mass is 9.61. The van der Waals surface area contributed by atoms with Gasteiger partial charge in [0.1, 0.15) is 11.9 Å². The molecular formula is C20H22O3. The molecule has 3 nitrogen and oxygen atoms in total. The van der Waals surface area contributed by atoms with E-state index in [-0.39, 0.29) is 17.8 Å². The lowest BCUT2D eigenvalue weighted by molar-refractivity contribution is -0.132. The second kappa shape index (κ2) is 6.17. The summed E-state index contributed by atoms with van der Waals surface area (Å²) in [6.07, 6.45) is 6.03. The molecule has 1 unspecified atom stereocenters. The van der Waals surface area contributed by atoms with Crippen molar-refractivity contribution in [2.24, 2.45) is 11.3 Å². The molecule has 3 atom stereocenters. The van der Waals surface area contributed by atoms with Crippen LogP contribution >= 0.6 is 0 Å². The minimum atomic E-state index is -0.505. The number of ether oxygens (including phenoxy) is 2. The molecule has 2 aliphatic carbocycles. The molecule has 0 aromatic heterocycles. The SMILES string of the molecule is C=C1C=CC[C@]2(C)C(=O)C=C(OC)C(OCc3ccccc3)[C@H]12. The van der Waals surface area contributed by atoms with Crippen LogP contribution in [-0.4, -0.2) is 19.0 Å². The summed E-state index contributed by atoms with van der Waals surface area (Å²) in [5.74, 6) is 0.581. The Morgan fingerprint density at radius 2 is 2.04 bits per heavy atom. The van der Waals surface area contributed by atoms with Gasteiger partial charge in [-0.25, -0.2) is 0 Å². The van der Waals surface area contributed by atoms with E-state index in [1.165, 1.54) is 0 Å². The summed E-state index contributed by atoms with van der Waals surface area (Å²) in [6.45, 7) is 6.62. The van der Waals surface area contributed by atoms with Crippen LogP contribution in [0.4, 0.5) is 0 Å². The minimum absolute atomic E-state index is 0.0874. The molecule has 23 heavy (non-hydrogen) atoms. The van der Waals surface area contributed by atoms with Crippen LogP contribution in [0, 0.1) is 11.3 Å². The third-order valence-electron chi connectivity index (χ3n) is 4.89. The molecule has 120 valence electrons. The molecule has 0 fully saturated rings. The Kier molecular flexibility index (Phi) is 4.22. The van der Waals surface area contributed by atoms with Gasteiger partial charge >= 0.3 is 0 Å². The molecule has 2 aliphatic rings. The Bertz CT molecular complexity index is 671. The normalized spacial score (nSPS) is 29.9. The van der Waals surface area contributed by atoms with Gasteiger partial charge in [0.2, 0.25) is 0 Å². The van der Waals surface area contributed by atoms with Crippen molar-refractivity contribution in [1.82, 2.24) is 0 Å². The van der Waals surface area contributed by atoms with Crippen LogP contribution in [0.1, 0.15) is 18.9 Å². The predicted molar refractivity (Wildman–Crippen MR) is 89.6 cm³/mol. The summed E-state index contributed by atoms with van der Waals surface area (Å²) in [5, 5.41) is 0. The van der Waals surface area contributed by atoms with Crippen LogP contribution in [0.3, 0.4) is 0 Å². The number of benzene rings is 1. The van der Waals surface area contributed by atoms with Gasteiger partial charge in [-0.3, -0.25) is 4.79 Å². The maximum Gasteiger partial charge on any atom is 0.166 e. The van der Waals surface area contributed by atoms with Gasteiger partial charge < -0.3 is 9.47 Å². The van der Waals surface area contributed by atoms with Gasteiger partial charge in [-0.1, -0.05) is 56.0 Å². The number of allylic oxidation sites excluding steroid dienone is 3. The van der Waals surface area contributed by atoms with Crippen molar-refractivity contribution in [2.45, 2.75) is 26.1 Å². The number of methoxy groups -OCH3 is 1. The predicted octanol–water partition coefficient (Wildman–Crippen LogP) is 3.82. The molecule has 0 saturated carbocycles. The molecule has 0 N–H and O–H groups in total. The number of carbonyl (C=O) groups excluding carboxylic acids is 1. The highest BCUT2D eigenvalue weighted by molar-refractivity contribution is 5.97. The average molecular weight is 310 g/mol. The Morgan fingerprint density at radius 3 is 2.74 bits per heavy atom. The van der Waals surface area contributed by atoms with Crippen LogP contribution in [-0.2, 0) is 20.9 Å². The van der Waals surface area contributed by atoms with E-state index >= 15 is 0 Å². The smallest absolute Gasteiger partial charge is 0.166 e. The zero-order valence-corrected chi connectivity index (χ0v) is 13.6. The van der Waals surface area contributed by atoms with Crippen molar-refractivity contribution >= 4 is 5.78 Å². The summed E-state index contributed by atoms with van der Waals surface area (Å²) < 4.78 is 11.6. The number of hydrogen-bond acceptors (Lipinski definition) is 3. The summed E-state index contributed by atoms with van der Waals surface area (Å²) in [4.78, 5) is 12.6. The monoisotopic (exact) mass is 310 g/mol. The highest BCUT2D eigenvalue weighted by Crippen LogP contribution is 2.48. The van der Waals surface area contributed by atoms with Crippen molar-refractivity contribution in [3.05, 3.63) is 72.0 Å². The Labute approximate surface area is 137 Å². The standard InChI is InChI=1S/C20H22O3/c1-14-8-7-11-20(2)17(21)12-16(22-3)19(18(14)20)23-13-15-9-5-4-6-10-15/h4-10,12,18-19H,1,11,13H2,2-3H3/t18-,19?,20+/m0/s1. The quantitative estimate of drug-likeness (QED) is 0.848. The van der Waals surface area contributed by atoms with Crippen LogP contribution in [0.2, 0.25) is 0 Å². The fourth-order valence-electron chi connectivity index (χ4n) is 3.53. The maximum atomic E-state index is 12.6. The molecule has 3 heteroatoms. The summed E-state index contributed by atoms with van der Waals surface area (Å²) in [7, 11) is 1.59. The first-order valence-corrected chi connectivity index (χ1v) is 7.87. The summed E-state index contributed by atoms with van der Waals surface area (Å²) >= 11 is 0. The molecule has 3 rings (SSSR count). The molecule has 1 aromatic rings. The third-order valence-corrected chi connectivity index (χ3v) is 4.89. The first-order chi connectivity index (χ1) is 11.1. The zero-order valence-electron chi connectivity index (χ0n) is 13.6. The van der Waals surface area contributed by atoms with Crippen molar-refractivity contribution in [2.75, 3.05) is 7.11 Å². The first kappa shape index (κ1) is 15.8. The number of rotatable bonds is 4. The van der Waals surface area contributed by atoms with E-state index < -0.39 is 5.41 Å². The minimum Gasteiger partial charge on any atom is -0.498 e. The van der Waals surface area contributed by atoms with Crippen LogP contribution in [0.25, 0.3) is 0 Å². The van der Waals surface area contributed by atoms with Crippen molar-refractivity contribution in [3.8, 4) is 0 Å². The molecule has 0 spiro atoms.